The van der Waals surface area contributed by atoms with Crippen LogP contribution >= 0.6 is 0 Å². The Morgan fingerprint density at radius 1 is 1.35 bits per heavy atom. The first-order chi connectivity index (χ1) is 12.5. The van der Waals surface area contributed by atoms with Crippen LogP contribution in [0.1, 0.15) is 18.2 Å². The smallest absolute Gasteiger partial charge is 0.276 e. The van der Waals surface area contributed by atoms with Crippen molar-refractivity contribution in [3.8, 4) is 34.6 Å². The van der Waals surface area contributed by atoms with Gasteiger partial charge >= 0.3 is 0 Å². The zero-order chi connectivity index (χ0) is 18.7. The summed E-state index contributed by atoms with van der Waals surface area (Å²) in [4.78, 5) is 16.5. The van der Waals surface area contributed by atoms with E-state index < -0.39 is 17.3 Å². The van der Waals surface area contributed by atoms with Crippen LogP contribution in [0.25, 0.3) is 11.1 Å². The van der Waals surface area contributed by atoms with Gasteiger partial charge in [0.1, 0.15) is 17.1 Å². The van der Waals surface area contributed by atoms with Crippen molar-refractivity contribution in [2.24, 2.45) is 0 Å². The zero-order valence-corrected chi connectivity index (χ0v) is 14.2. The van der Waals surface area contributed by atoms with E-state index in [2.05, 4.69) is 21.9 Å². The number of rotatable bonds is 4. The average Bonchev–Trinajstić information content (AvgIpc) is 2.89. The van der Waals surface area contributed by atoms with Crippen LogP contribution in [0.2, 0.25) is 0 Å². The molecule has 0 aliphatic heterocycles. The fourth-order valence-electron chi connectivity index (χ4n) is 2.66. The van der Waals surface area contributed by atoms with Gasteiger partial charge in [-0.05, 0) is 31.2 Å². The van der Waals surface area contributed by atoms with Crippen LogP contribution in [0.15, 0.2) is 41.3 Å². The van der Waals surface area contributed by atoms with E-state index >= 15 is 0 Å². The number of ether oxygens (including phenoxy) is 1. The quantitative estimate of drug-likeness (QED) is 0.707. The molecule has 2 heterocycles. The summed E-state index contributed by atoms with van der Waals surface area (Å²) < 4.78 is 21.1. The lowest BCUT2D eigenvalue weighted by Crippen LogP contribution is -2.08. The Labute approximate surface area is 148 Å². The van der Waals surface area contributed by atoms with Crippen molar-refractivity contribution in [3.05, 3.63) is 64.0 Å². The number of halogens is 1. The summed E-state index contributed by atoms with van der Waals surface area (Å²) in [6, 6.07) is 8.01. The first-order valence-electron chi connectivity index (χ1n) is 7.77. The van der Waals surface area contributed by atoms with Crippen LogP contribution < -0.4 is 10.3 Å². The predicted molar refractivity (Wildman–Crippen MR) is 94.6 cm³/mol. The molecule has 0 unspecified atom stereocenters. The molecule has 132 valence electrons. The molecular weight excluding hydrogens is 337 g/mol. The lowest BCUT2D eigenvalue weighted by molar-refractivity contribution is 0.404. The second kappa shape index (κ2) is 7.15. The van der Waals surface area contributed by atoms with E-state index in [4.69, 9.17) is 4.74 Å². The highest BCUT2D eigenvalue weighted by atomic mass is 19.1. The number of pyridine rings is 1. The second-order valence-electron chi connectivity index (χ2n) is 5.46. The van der Waals surface area contributed by atoms with Gasteiger partial charge in [-0.25, -0.2) is 9.07 Å². The number of hydrogen-bond donors (Lipinski definition) is 2. The molecule has 0 bridgehead atoms. The molecule has 0 radical (unpaired) electrons. The van der Waals surface area contributed by atoms with E-state index in [-0.39, 0.29) is 23.4 Å². The molecular formula is C19H16FN3O3. The van der Waals surface area contributed by atoms with Gasteiger partial charge in [-0.1, -0.05) is 12.0 Å². The van der Waals surface area contributed by atoms with Crippen LogP contribution in [0, 0.1) is 17.7 Å². The minimum absolute atomic E-state index is 0.110. The molecule has 0 atom stereocenters. The molecule has 1 aromatic carbocycles. The molecule has 3 aromatic rings. The lowest BCUT2D eigenvalue weighted by Gasteiger charge is -2.10. The Balaban J connectivity index is 2.13. The summed E-state index contributed by atoms with van der Waals surface area (Å²) in [5, 5.41) is 13.0. The van der Waals surface area contributed by atoms with Gasteiger partial charge in [-0.15, -0.1) is 5.92 Å². The summed E-state index contributed by atoms with van der Waals surface area (Å²) in [6.45, 7) is 1.76. The molecule has 0 fully saturated rings. The largest absolute Gasteiger partial charge is 0.496 e. The fourth-order valence-corrected chi connectivity index (χ4v) is 2.66. The normalized spacial score (nSPS) is 10.3. The number of hydrogen-bond acceptors (Lipinski definition) is 4. The molecule has 0 amide bonds. The lowest BCUT2D eigenvalue weighted by atomic mass is 10.0. The zero-order valence-electron chi connectivity index (χ0n) is 14.2. The van der Waals surface area contributed by atoms with E-state index in [0.29, 0.717) is 11.3 Å². The average molecular weight is 353 g/mol. The Bertz CT molecular complexity index is 1060. The van der Waals surface area contributed by atoms with Crippen molar-refractivity contribution >= 4 is 0 Å². The predicted octanol–water partition coefficient (Wildman–Crippen LogP) is 2.51. The molecule has 0 spiro atoms. The second-order valence-corrected chi connectivity index (χ2v) is 5.46. The van der Waals surface area contributed by atoms with Gasteiger partial charge in [0.25, 0.3) is 5.56 Å². The highest BCUT2D eigenvalue weighted by Crippen LogP contribution is 2.36. The summed E-state index contributed by atoms with van der Waals surface area (Å²) in [6.07, 6.45) is 1.60. The van der Waals surface area contributed by atoms with Gasteiger partial charge in [0.05, 0.1) is 24.9 Å². The van der Waals surface area contributed by atoms with Gasteiger partial charge in [-0.3, -0.25) is 14.9 Å². The Morgan fingerprint density at radius 3 is 2.81 bits per heavy atom. The first kappa shape index (κ1) is 17.3. The third-order valence-corrected chi connectivity index (χ3v) is 3.78. The SMILES string of the molecule is CC#Cc1cc(F)c(-c2c(O)n(Cc3ccccn3)[nH]c2=O)c(OC)c1. The number of methoxy groups -OCH3 is 1. The van der Waals surface area contributed by atoms with Gasteiger partial charge < -0.3 is 9.84 Å². The molecule has 2 N–H and O–H groups in total. The summed E-state index contributed by atoms with van der Waals surface area (Å²) in [5.74, 6) is 4.42. The van der Waals surface area contributed by atoms with Gasteiger partial charge in [0.2, 0.25) is 5.88 Å². The minimum atomic E-state index is -0.710. The molecule has 0 aliphatic rings. The number of aromatic hydroxyl groups is 1. The highest BCUT2D eigenvalue weighted by Gasteiger charge is 2.24. The van der Waals surface area contributed by atoms with E-state index in [1.165, 1.54) is 23.9 Å². The molecule has 0 saturated heterocycles. The number of aromatic nitrogens is 3. The van der Waals surface area contributed by atoms with E-state index in [0.717, 1.165) is 0 Å². The number of nitrogens with one attached hydrogen (secondary N) is 1. The third kappa shape index (κ3) is 3.17. The standard InChI is InChI=1S/C19H16FN3O3/c1-3-6-12-9-14(20)16(15(10-12)26-2)17-18(24)22-23(19(17)25)11-13-7-4-5-8-21-13/h4-5,7-10,25H,11H2,1-2H3,(H,22,24). The van der Waals surface area contributed by atoms with Crippen molar-refractivity contribution in [2.45, 2.75) is 13.5 Å². The number of benzene rings is 1. The topological polar surface area (TPSA) is 80.1 Å². The fraction of sp³-hybridized carbons (Fsp3) is 0.158. The monoisotopic (exact) mass is 353 g/mol. The Morgan fingerprint density at radius 2 is 2.15 bits per heavy atom. The van der Waals surface area contributed by atoms with Crippen molar-refractivity contribution in [3.63, 3.8) is 0 Å². The highest BCUT2D eigenvalue weighted by molar-refractivity contribution is 5.75. The minimum Gasteiger partial charge on any atom is -0.496 e. The van der Waals surface area contributed by atoms with Crippen molar-refractivity contribution in [2.75, 3.05) is 7.11 Å². The summed E-state index contributed by atoms with van der Waals surface area (Å²) >= 11 is 0. The summed E-state index contributed by atoms with van der Waals surface area (Å²) in [5.41, 5.74) is 0.0833. The molecule has 26 heavy (non-hydrogen) atoms. The third-order valence-electron chi connectivity index (χ3n) is 3.78. The maximum atomic E-state index is 14.7. The van der Waals surface area contributed by atoms with Crippen LogP contribution in [0.5, 0.6) is 11.6 Å². The Hall–Kier alpha value is -3.53. The molecule has 0 aliphatic carbocycles. The number of nitrogens with zero attached hydrogens (tertiary/aromatic N) is 2. The summed E-state index contributed by atoms with van der Waals surface area (Å²) in [7, 11) is 1.36. The van der Waals surface area contributed by atoms with E-state index in [1.54, 1.807) is 31.3 Å². The number of aromatic amines is 1. The van der Waals surface area contributed by atoms with Crippen LogP contribution in [0.4, 0.5) is 4.39 Å². The van der Waals surface area contributed by atoms with Gasteiger partial charge in [0, 0.05) is 11.8 Å². The Kier molecular flexibility index (Phi) is 4.76. The maximum Gasteiger partial charge on any atom is 0.276 e. The molecule has 2 aromatic heterocycles. The molecule has 6 nitrogen and oxygen atoms in total. The van der Waals surface area contributed by atoms with E-state index in [9.17, 15) is 14.3 Å². The van der Waals surface area contributed by atoms with Gasteiger partial charge in [0.15, 0.2) is 0 Å². The number of H-pyrrole nitrogens is 1. The first-order valence-corrected chi connectivity index (χ1v) is 7.77. The van der Waals surface area contributed by atoms with Crippen LogP contribution in [-0.4, -0.2) is 27.0 Å². The molecule has 7 heteroatoms. The van der Waals surface area contributed by atoms with E-state index in [1.807, 2.05) is 0 Å². The molecule has 0 saturated carbocycles. The van der Waals surface area contributed by atoms with Crippen LogP contribution in [0.3, 0.4) is 0 Å². The van der Waals surface area contributed by atoms with Crippen LogP contribution in [-0.2, 0) is 6.54 Å². The van der Waals surface area contributed by atoms with Crippen molar-refractivity contribution in [1.82, 2.24) is 14.8 Å². The maximum absolute atomic E-state index is 14.7. The van der Waals surface area contributed by atoms with Crippen molar-refractivity contribution < 1.29 is 14.2 Å². The van der Waals surface area contributed by atoms with Gasteiger partial charge in [-0.2, -0.15) is 0 Å². The molecule has 3 rings (SSSR count). The van der Waals surface area contributed by atoms with Crippen molar-refractivity contribution in [1.29, 1.82) is 0 Å².